The van der Waals surface area contributed by atoms with Gasteiger partial charge in [0.05, 0.1) is 13.2 Å². The molecule has 0 aliphatic rings. The van der Waals surface area contributed by atoms with Crippen molar-refractivity contribution in [1.82, 2.24) is 5.32 Å². The van der Waals surface area contributed by atoms with Crippen molar-refractivity contribution in [3.63, 3.8) is 0 Å². The van der Waals surface area contributed by atoms with Gasteiger partial charge in [0.15, 0.2) is 0 Å². The van der Waals surface area contributed by atoms with Gasteiger partial charge in [0.1, 0.15) is 5.75 Å². The second kappa shape index (κ2) is 9.56. The normalized spacial score (nSPS) is 12.3. The molecular weight excluding hydrogens is 346 g/mol. The molecule has 0 bridgehead atoms. The van der Waals surface area contributed by atoms with Crippen LogP contribution < -0.4 is 10.1 Å². The molecule has 3 rings (SSSR count). The number of benzene rings is 3. The maximum atomic E-state index is 13.2. The Kier molecular flexibility index (Phi) is 6.64. The molecular formula is C25H25NO2. The predicted molar refractivity (Wildman–Crippen MR) is 115 cm³/mol. The molecule has 0 fully saturated rings. The molecule has 3 heteroatoms. The van der Waals surface area contributed by atoms with Crippen LogP contribution in [0.5, 0.6) is 5.75 Å². The predicted octanol–water partition coefficient (Wildman–Crippen LogP) is 5.50. The van der Waals surface area contributed by atoms with Crippen molar-refractivity contribution in [2.45, 2.75) is 19.4 Å². The van der Waals surface area contributed by atoms with Gasteiger partial charge in [-0.2, -0.15) is 0 Å². The van der Waals surface area contributed by atoms with Crippen LogP contribution >= 0.6 is 0 Å². The van der Waals surface area contributed by atoms with Crippen molar-refractivity contribution >= 4 is 17.6 Å². The Morgan fingerprint density at radius 3 is 2.11 bits per heavy atom. The summed E-state index contributed by atoms with van der Waals surface area (Å²) in [7, 11) is 1.64. The van der Waals surface area contributed by atoms with Crippen LogP contribution in [0.4, 0.5) is 0 Å². The summed E-state index contributed by atoms with van der Waals surface area (Å²) in [6.45, 7) is 2.08. The van der Waals surface area contributed by atoms with Crippen LogP contribution in [-0.2, 0) is 4.79 Å². The molecule has 0 saturated heterocycles. The fraction of sp³-hybridized carbons (Fsp3) is 0.160. The van der Waals surface area contributed by atoms with Crippen LogP contribution in [0.2, 0.25) is 0 Å². The van der Waals surface area contributed by atoms with Gasteiger partial charge in [-0.05, 0) is 41.3 Å². The largest absolute Gasteiger partial charge is 0.497 e. The highest BCUT2D eigenvalue weighted by Crippen LogP contribution is 2.23. The lowest BCUT2D eigenvalue weighted by Crippen LogP contribution is -2.28. The molecule has 0 radical (unpaired) electrons. The Hall–Kier alpha value is -3.33. The summed E-state index contributed by atoms with van der Waals surface area (Å²) in [6.07, 6.45) is 2.74. The lowest BCUT2D eigenvalue weighted by molar-refractivity contribution is -0.116. The zero-order valence-corrected chi connectivity index (χ0v) is 16.3. The third-order valence-corrected chi connectivity index (χ3v) is 4.67. The van der Waals surface area contributed by atoms with Crippen molar-refractivity contribution < 1.29 is 9.53 Å². The van der Waals surface area contributed by atoms with Gasteiger partial charge < -0.3 is 10.1 Å². The van der Waals surface area contributed by atoms with E-state index in [2.05, 4.69) is 12.2 Å². The van der Waals surface area contributed by atoms with Gasteiger partial charge in [-0.25, -0.2) is 0 Å². The Balaban J connectivity index is 1.92. The maximum Gasteiger partial charge on any atom is 0.252 e. The Morgan fingerprint density at radius 1 is 0.929 bits per heavy atom. The van der Waals surface area contributed by atoms with Crippen molar-refractivity contribution in [3.8, 4) is 5.75 Å². The lowest BCUT2D eigenvalue weighted by atomic mass is 9.99. The zero-order valence-electron chi connectivity index (χ0n) is 16.3. The molecule has 0 aromatic heterocycles. The lowest BCUT2D eigenvalue weighted by Gasteiger charge is -2.19. The summed E-state index contributed by atoms with van der Waals surface area (Å²) < 4.78 is 5.22. The van der Waals surface area contributed by atoms with Crippen molar-refractivity contribution in [1.29, 1.82) is 0 Å². The summed E-state index contributed by atoms with van der Waals surface area (Å²) in [4.78, 5) is 13.2. The number of nitrogens with one attached hydrogen (secondary N) is 1. The van der Waals surface area contributed by atoms with E-state index in [0.717, 1.165) is 28.9 Å². The van der Waals surface area contributed by atoms with E-state index in [4.69, 9.17) is 4.74 Å². The first-order valence-electron chi connectivity index (χ1n) is 9.48. The van der Waals surface area contributed by atoms with E-state index in [1.165, 1.54) is 0 Å². The molecule has 3 aromatic rings. The minimum absolute atomic E-state index is 0.0309. The van der Waals surface area contributed by atoms with Crippen LogP contribution in [0.1, 0.15) is 36.1 Å². The molecule has 0 spiro atoms. The third-order valence-electron chi connectivity index (χ3n) is 4.67. The summed E-state index contributed by atoms with van der Waals surface area (Å²) in [6, 6.07) is 27.5. The van der Waals surface area contributed by atoms with Gasteiger partial charge in [-0.15, -0.1) is 0 Å². The first-order valence-corrected chi connectivity index (χ1v) is 9.48. The van der Waals surface area contributed by atoms with Gasteiger partial charge in [0.2, 0.25) is 0 Å². The van der Waals surface area contributed by atoms with E-state index in [1.54, 1.807) is 7.11 Å². The average Bonchev–Trinajstić information content (AvgIpc) is 2.77. The second-order valence-corrected chi connectivity index (χ2v) is 6.54. The Morgan fingerprint density at radius 2 is 1.54 bits per heavy atom. The fourth-order valence-corrected chi connectivity index (χ4v) is 3.11. The minimum Gasteiger partial charge on any atom is -0.497 e. The van der Waals surface area contributed by atoms with Gasteiger partial charge in [-0.3, -0.25) is 4.79 Å². The SMILES string of the molecule is CC[C@H](NC(=O)/C(=C/c1ccc(OC)cc1)c1ccccc1)c1ccccc1. The molecule has 28 heavy (non-hydrogen) atoms. The van der Waals surface area contributed by atoms with Crippen LogP contribution in [0.25, 0.3) is 11.6 Å². The fourth-order valence-electron chi connectivity index (χ4n) is 3.11. The number of hydrogen-bond donors (Lipinski definition) is 1. The third kappa shape index (κ3) is 4.89. The highest BCUT2D eigenvalue weighted by Gasteiger charge is 2.17. The number of ether oxygens (including phenoxy) is 1. The maximum absolute atomic E-state index is 13.2. The van der Waals surface area contributed by atoms with Crippen LogP contribution in [0.3, 0.4) is 0 Å². The van der Waals surface area contributed by atoms with Crippen molar-refractivity contribution in [3.05, 3.63) is 102 Å². The van der Waals surface area contributed by atoms with Gasteiger partial charge >= 0.3 is 0 Å². The van der Waals surface area contributed by atoms with E-state index in [0.29, 0.717) is 5.57 Å². The number of carbonyl (C=O) groups is 1. The quantitative estimate of drug-likeness (QED) is 0.440. The highest BCUT2D eigenvalue weighted by molar-refractivity contribution is 6.24. The summed E-state index contributed by atoms with van der Waals surface area (Å²) >= 11 is 0. The topological polar surface area (TPSA) is 38.3 Å². The van der Waals surface area contributed by atoms with Gasteiger partial charge in [0, 0.05) is 5.57 Å². The molecule has 0 saturated carbocycles. The standard InChI is InChI=1S/C25H25NO2/c1-3-24(21-12-8-5-9-13-21)26-25(27)23(20-10-6-4-7-11-20)18-19-14-16-22(28-2)17-15-19/h4-18,24H,3H2,1-2H3,(H,26,27)/b23-18+/t24-/m0/s1. The van der Waals surface area contributed by atoms with E-state index in [1.807, 2.05) is 91.0 Å². The van der Waals surface area contributed by atoms with E-state index < -0.39 is 0 Å². The first kappa shape index (κ1) is 19.4. The van der Waals surface area contributed by atoms with Crippen LogP contribution in [0.15, 0.2) is 84.9 Å². The van der Waals surface area contributed by atoms with Crippen molar-refractivity contribution in [2.75, 3.05) is 7.11 Å². The summed E-state index contributed by atoms with van der Waals surface area (Å²) in [5.41, 5.74) is 3.58. The van der Waals surface area contributed by atoms with Crippen LogP contribution in [-0.4, -0.2) is 13.0 Å². The number of methoxy groups -OCH3 is 1. The Labute approximate surface area is 166 Å². The van der Waals surface area contributed by atoms with Gasteiger partial charge in [-0.1, -0.05) is 79.7 Å². The zero-order chi connectivity index (χ0) is 19.8. The van der Waals surface area contributed by atoms with Crippen molar-refractivity contribution in [2.24, 2.45) is 0 Å². The number of amides is 1. The van der Waals surface area contributed by atoms with Crippen LogP contribution in [0, 0.1) is 0 Å². The van der Waals surface area contributed by atoms with E-state index in [9.17, 15) is 4.79 Å². The highest BCUT2D eigenvalue weighted by atomic mass is 16.5. The number of rotatable bonds is 7. The molecule has 0 aliphatic carbocycles. The molecule has 1 atom stereocenters. The molecule has 1 amide bonds. The monoisotopic (exact) mass is 371 g/mol. The average molecular weight is 371 g/mol. The molecule has 3 aromatic carbocycles. The van der Waals surface area contributed by atoms with E-state index >= 15 is 0 Å². The smallest absolute Gasteiger partial charge is 0.252 e. The molecule has 142 valence electrons. The number of hydrogen-bond acceptors (Lipinski definition) is 2. The molecule has 0 unspecified atom stereocenters. The summed E-state index contributed by atoms with van der Waals surface area (Å²) in [5, 5.41) is 3.19. The molecule has 0 heterocycles. The van der Waals surface area contributed by atoms with E-state index in [-0.39, 0.29) is 11.9 Å². The molecule has 3 nitrogen and oxygen atoms in total. The summed E-state index contributed by atoms with van der Waals surface area (Å²) in [5.74, 6) is 0.704. The number of carbonyl (C=O) groups excluding carboxylic acids is 1. The second-order valence-electron chi connectivity index (χ2n) is 6.54. The first-order chi connectivity index (χ1) is 13.7. The molecule has 1 N–H and O–H groups in total. The Bertz CT molecular complexity index is 916. The minimum atomic E-state index is -0.0854. The van der Waals surface area contributed by atoms with Gasteiger partial charge in [0.25, 0.3) is 5.91 Å². The molecule has 0 aliphatic heterocycles.